The number of aromatic nitrogens is 5. The van der Waals surface area contributed by atoms with Gasteiger partial charge in [0.15, 0.2) is 11.5 Å². The van der Waals surface area contributed by atoms with Crippen LogP contribution in [0.25, 0.3) is 33.7 Å². The number of para-hydroxylation sites is 1. The highest BCUT2D eigenvalue weighted by atomic mass is 19.1. The molecule has 0 bridgehead atoms. The topological polar surface area (TPSA) is 139 Å². The molecule has 10 nitrogen and oxygen atoms in total. The summed E-state index contributed by atoms with van der Waals surface area (Å²) in [6.07, 6.45) is 2.80. The number of fused-ring (bicyclic) bond motifs is 1. The zero-order valence-corrected chi connectivity index (χ0v) is 23.0. The maximum atomic E-state index is 15.2. The molecule has 0 aliphatic rings. The Labute approximate surface area is 235 Å². The van der Waals surface area contributed by atoms with Crippen molar-refractivity contribution in [3.63, 3.8) is 0 Å². The van der Waals surface area contributed by atoms with Crippen LogP contribution in [0.5, 0.6) is 0 Å². The summed E-state index contributed by atoms with van der Waals surface area (Å²) < 4.78 is 20.2. The van der Waals surface area contributed by atoms with Crippen molar-refractivity contribution < 1.29 is 18.5 Å². The summed E-state index contributed by atoms with van der Waals surface area (Å²) in [4.78, 5) is 40.9. The van der Waals surface area contributed by atoms with Crippen LogP contribution in [0, 0.1) is 12.7 Å². The van der Waals surface area contributed by atoms with Crippen LogP contribution in [0.2, 0.25) is 0 Å². The Morgan fingerprint density at radius 3 is 2.63 bits per heavy atom. The molecular weight excluding hydrogens is 525 g/mol. The van der Waals surface area contributed by atoms with Gasteiger partial charge in [-0.1, -0.05) is 56.8 Å². The molecule has 0 saturated heterocycles. The number of imidazole rings is 1. The molecular formula is C30H28FN7O3. The van der Waals surface area contributed by atoms with Gasteiger partial charge in [0, 0.05) is 34.8 Å². The van der Waals surface area contributed by atoms with Crippen LogP contribution >= 0.6 is 0 Å². The number of H-pyrrole nitrogens is 1. The van der Waals surface area contributed by atoms with Crippen molar-refractivity contribution in [1.29, 1.82) is 0 Å². The highest BCUT2D eigenvalue weighted by Crippen LogP contribution is 2.33. The second-order valence-electron chi connectivity index (χ2n) is 10.5. The lowest BCUT2D eigenvalue weighted by Gasteiger charge is -2.11. The van der Waals surface area contributed by atoms with E-state index in [2.05, 4.69) is 42.3 Å². The predicted molar refractivity (Wildman–Crippen MR) is 152 cm³/mol. The number of amides is 2. The van der Waals surface area contributed by atoms with Gasteiger partial charge in [-0.25, -0.2) is 14.4 Å². The lowest BCUT2D eigenvalue weighted by molar-refractivity contribution is -0.111. The SMILES string of the molecule is C=CC(=O)Nc1c(C)cccc1-c1nc2nccc(-c3ccc(CNC(=O)c4nc(C(C)(C)C)no4)c(F)c3)c2[nH]1. The first kappa shape index (κ1) is 27.4. The molecule has 0 fully saturated rings. The summed E-state index contributed by atoms with van der Waals surface area (Å²) in [5.74, 6) is -0.697. The largest absolute Gasteiger partial charge is 0.344 e. The van der Waals surface area contributed by atoms with E-state index in [0.717, 1.165) is 5.56 Å². The minimum absolute atomic E-state index is 0.0648. The van der Waals surface area contributed by atoms with E-state index in [1.165, 1.54) is 12.1 Å². The summed E-state index contributed by atoms with van der Waals surface area (Å²) in [5.41, 5.74) is 4.37. The summed E-state index contributed by atoms with van der Waals surface area (Å²) in [5, 5.41) is 9.30. The minimum Gasteiger partial charge on any atom is -0.344 e. The van der Waals surface area contributed by atoms with E-state index in [-0.39, 0.29) is 29.3 Å². The molecule has 208 valence electrons. The minimum atomic E-state index is -0.586. The normalized spacial score (nSPS) is 11.4. The Bertz CT molecular complexity index is 1800. The number of hydrogen-bond donors (Lipinski definition) is 3. The standard InChI is InChI=1S/C30H28FN7O3/c1-6-22(39)34-23-16(2)8-7-9-20(23)25-35-24-19(12-13-32-26(24)36-25)17-10-11-18(21(31)14-17)15-33-27(40)28-37-29(38-41-28)30(3,4)5/h6-14H,1,15H2,2-5H3,(H,33,40)(H,34,39)(H,32,35,36). The van der Waals surface area contributed by atoms with Gasteiger partial charge in [-0.05, 0) is 42.3 Å². The molecule has 0 atom stereocenters. The van der Waals surface area contributed by atoms with Gasteiger partial charge in [0.1, 0.15) is 11.6 Å². The molecule has 0 aliphatic carbocycles. The third-order valence-electron chi connectivity index (χ3n) is 6.45. The molecule has 2 aromatic carbocycles. The molecule has 0 unspecified atom stereocenters. The van der Waals surface area contributed by atoms with Crippen LogP contribution < -0.4 is 10.6 Å². The number of halogens is 1. The van der Waals surface area contributed by atoms with Crippen LogP contribution in [0.15, 0.2) is 65.8 Å². The van der Waals surface area contributed by atoms with Crippen LogP contribution in [-0.2, 0) is 16.8 Å². The van der Waals surface area contributed by atoms with E-state index in [1.807, 2.05) is 45.9 Å². The number of benzene rings is 2. The Balaban J connectivity index is 1.40. The molecule has 0 spiro atoms. The van der Waals surface area contributed by atoms with E-state index in [1.54, 1.807) is 24.4 Å². The molecule has 3 heterocycles. The summed E-state index contributed by atoms with van der Waals surface area (Å²) in [7, 11) is 0. The number of pyridine rings is 1. The third kappa shape index (κ3) is 5.60. The molecule has 5 rings (SSSR count). The quantitative estimate of drug-likeness (QED) is 0.227. The lowest BCUT2D eigenvalue weighted by Crippen LogP contribution is -2.24. The van der Waals surface area contributed by atoms with E-state index in [4.69, 9.17) is 4.52 Å². The number of hydrogen-bond acceptors (Lipinski definition) is 7. The summed E-state index contributed by atoms with van der Waals surface area (Å²) in [6.45, 7) is 11.0. The van der Waals surface area contributed by atoms with Gasteiger partial charge in [-0.3, -0.25) is 9.59 Å². The first-order valence-corrected chi connectivity index (χ1v) is 12.8. The molecule has 41 heavy (non-hydrogen) atoms. The third-order valence-corrected chi connectivity index (χ3v) is 6.45. The molecule has 5 aromatic rings. The van der Waals surface area contributed by atoms with Crippen molar-refractivity contribution in [1.82, 2.24) is 30.4 Å². The first-order valence-electron chi connectivity index (χ1n) is 12.8. The highest BCUT2D eigenvalue weighted by Gasteiger charge is 2.24. The van der Waals surface area contributed by atoms with Crippen molar-refractivity contribution in [2.45, 2.75) is 39.7 Å². The number of rotatable bonds is 7. The number of nitrogens with one attached hydrogen (secondary N) is 3. The number of anilines is 1. The van der Waals surface area contributed by atoms with Gasteiger partial charge in [-0.15, -0.1) is 0 Å². The van der Waals surface area contributed by atoms with E-state index in [0.29, 0.717) is 45.2 Å². The smallest absolute Gasteiger partial charge is 0.315 e. The number of aryl methyl sites for hydroxylation is 1. The fourth-order valence-corrected chi connectivity index (χ4v) is 4.21. The van der Waals surface area contributed by atoms with Crippen molar-refractivity contribution in [3.8, 4) is 22.5 Å². The zero-order chi connectivity index (χ0) is 29.3. The Hall–Kier alpha value is -5.19. The van der Waals surface area contributed by atoms with Gasteiger partial charge in [0.05, 0.1) is 11.2 Å². The molecule has 2 amide bonds. The van der Waals surface area contributed by atoms with Crippen molar-refractivity contribution in [3.05, 3.63) is 90.0 Å². The monoisotopic (exact) mass is 553 g/mol. The van der Waals surface area contributed by atoms with Crippen LogP contribution in [-0.4, -0.2) is 36.9 Å². The average molecular weight is 554 g/mol. The van der Waals surface area contributed by atoms with Crippen molar-refractivity contribution in [2.24, 2.45) is 0 Å². The second-order valence-corrected chi connectivity index (χ2v) is 10.5. The van der Waals surface area contributed by atoms with Gasteiger partial charge >= 0.3 is 11.8 Å². The summed E-state index contributed by atoms with van der Waals surface area (Å²) >= 11 is 0. The highest BCUT2D eigenvalue weighted by molar-refractivity contribution is 6.02. The molecule has 3 aromatic heterocycles. The maximum absolute atomic E-state index is 15.2. The zero-order valence-electron chi connectivity index (χ0n) is 23.0. The number of nitrogens with zero attached hydrogens (tertiary/aromatic N) is 4. The molecule has 0 radical (unpaired) electrons. The Morgan fingerprint density at radius 2 is 1.93 bits per heavy atom. The van der Waals surface area contributed by atoms with E-state index < -0.39 is 11.7 Å². The average Bonchev–Trinajstić information content (AvgIpc) is 3.61. The van der Waals surface area contributed by atoms with Gasteiger partial charge in [0.25, 0.3) is 0 Å². The fraction of sp³-hybridized carbons (Fsp3) is 0.200. The number of carbonyl (C=O) groups is 2. The Kier molecular flexibility index (Phi) is 7.19. The lowest BCUT2D eigenvalue weighted by atomic mass is 9.96. The van der Waals surface area contributed by atoms with Gasteiger partial charge < -0.3 is 20.1 Å². The van der Waals surface area contributed by atoms with Gasteiger partial charge in [0.2, 0.25) is 5.91 Å². The number of carbonyl (C=O) groups excluding carboxylic acids is 2. The van der Waals surface area contributed by atoms with Crippen LogP contribution in [0.4, 0.5) is 10.1 Å². The molecule has 0 saturated carbocycles. The maximum Gasteiger partial charge on any atom is 0.315 e. The molecule has 3 N–H and O–H groups in total. The fourth-order valence-electron chi connectivity index (χ4n) is 4.21. The predicted octanol–water partition coefficient (Wildman–Crippen LogP) is 5.47. The van der Waals surface area contributed by atoms with Crippen molar-refractivity contribution >= 4 is 28.7 Å². The summed E-state index contributed by atoms with van der Waals surface area (Å²) in [6, 6.07) is 12.1. The first-order chi connectivity index (χ1) is 19.5. The van der Waals surface area contributed by atoms with E-state index in [9.17, 15) is 9.59 Å². The van der Waals surface area contributed by atoms with Gasteiger partial charge in [-0.2, -0.15) is 4.98 Å². The molecule has 11 heteroatoms. The van der Waals surface area contributed by atoms with Crippen molar-refractivity contribution in [2.75, 3.05) is 5.32 Å². The van der Waals surface area contributed by atoms with Crippen LogP contribution in [0.3, 0.4) is 0 Å². The molecule has 0 aliphatic heterocycles. The van der Waals surface area contributed by atoms with Crippen LogP contribution in [0.1, 0.15) is 48.4 Å². The second kappa shape index (κ2) is 10.8. The number of aromatic amines is 1. The Morgan fingerprint density at radius 1 is 1.12 bits per heavy atom. The van der Waals surface area contributed by atoms with E-state index >= 15 is 4.39 Å².